The van der Waals surface area contributed by atoms with Gasteiger partial charge in [-0.25, -0.2) is 0 Å². The molecule has 0 unspecified atom stereocenters. The number of esters is 1. The SMILES string of the molecule is O=CCCCCCCCOC(=O)C1CCCCC1. The molecule has 1 saturated carbocycles. The van der Waals surface area contributed by atoms with Gasteiger partial charge in [0, 0.05) is 6.42 Å². The molecule has 1 aliphatic rings. The average Bonchev–Trinajstić information content (AvgIpc) is 2.42. The fraction of sp³-hybridized carbons (Fsp3) is 0.867. The highest BCUT2D eigenvalue weighted by Gasteiger charge is 2.21. The number of ether oxygens (including phenoxy) is 1. The Bertz CT molecular complexity index is 232. The molecule has 0 atom stereocenters. The van der Waals surface area contributed by atoms with Crippen LogP contribution in [0, 0.1) is 5.92 Å². The number of carbonyl (C=O) groups is 2. The van der Waals surface area contributed by atoms with E-state index in [-0.39, 0.29) is 11.9 Å². The van der Waals surface area contributed by atoms with Gasteiger partial charge in [0.15, 0.2) is 0 Å². The quantitative estimate of drug-likeness (QED) is 0.358. The van der Waals surface area contributed by atoms with Gasteiger partial charge < -0.3 is 9.53 Å². The van der Waals surface area contributed by atoms with Gasteiger partial charge in [-0.15, -0.1) is 0 Å². The average molecular weight is 254 g/mol. The number of hydrogen-bond acceptors (Lipinski definition) is 3. The molecule has 0 N–H and O–H groups in total. The van der Waals surface area contributed by atoms with E-state index < -0.39 is 0 Å². The first kappa shape index (κ1) is 15.2. The molecule has 0 bridgehead atoms. The molecule has 1 rings (SSSR count). The first-order valence-electron chi connectivity index (χ1n) is 7.45. The van der Waals surface area contributed by atoms with Crippen molar-refractivity contribution in [3.8, 4) is 0 Å². The van der Waals surface area contributed by atoms with Crippen molar-refractivity contribution in [2.45, 2.75) is 70.6 Å². The van der Waals surface area contributed by atoms with Crippen molar-refractivity contribution in [1.82, 2.24) is 0 Å². The molecule has 0 radical (unpaired) electrons. The predicted molar refractivity (Wildman–Crippen MR) is 71.3 cm³/mol. The van der Waals surface area contributed by atoms with Crippen LogP contribution in [0.2, 0.25) is 0 Å². The molecule has 104 valence electrons. The van der Waals surface area contributed by atoms with Crippen molar-refractivity contribution in [2.24, 2.45) is 5.92 Å². The van der Waals surface area contributed by atoms with Crippen LogP contribution in [-0.4, -0.2) is 18.9 Å². The number of unbranched alkanes of at least 4 members (excludes halogenated alkanes) is 5. The van der Waals surface area contributed by atoms with E-state index in [0.29, 0.717) is 13.0 Å². The lowest BCUT2D eigenvalue weighted by Gasteiger charge is -2.19. The second-order valence-corrected chi connectivity index (χ2v) is 5.23. The normalized spacial score (nSPS) is 16.4. The topological polar surface area (TPSA) is 43.4 Å². The lowest BCUT2D eigenvalue weighted by molar-refractivity contribution is -0.149. The maximum Gasteiger partial charge on any atom is 0.308 e. The molecule has 0 heterocycles. The molecule has 0 amide bonds. The number of carbonyl (C=O) groups excluding carboxylic acids is 2. The van der Waals surface area contributed by atoms with Crippen molar-refractivity contribution in [1.29, 1.82) is 0 Å². The van der Waals surface area contributed by atoms with Crippen LogP contribution >= 0.6 is 0 Å². The summed E-state index contributed by atoms with van der Waals surface area (Å²) in [6.45, 7) is 0.572. The van der Waals surface area contributed by atoms with Gasteiger partial charge in [-0.1, -0.05) is 38.5 Å². The minimum atomic E-state index is 0.0238. The van der Waals surface area contributed by atoms with E-state index in [2.05, 4.69) is 0 Å². The molecular formula is C15H26O3. The summed E-state index contributed by atoms with van der Waals surface area (Å²) in [5, 5.41) is 0. The number of rotatable bonds is 9. The van der Waals surface area contributed by atoms with Crippen molar-refractivity contribution < 1.29 is 14.3 Å². The van der Waals surface area contributed by atoms with Gasteiger partial charge >= 0.3 is 5.97 Å². The summed E-state index contributed by atoms with van der Waals surface area (Å²) in [5.74, 6) is 0.196. The summed E-state index contributed by atoms with van der Waals surface area (Å²) in [7, 11) is 0. The Hall–Kier alpha value is -0.860. The first-order chi connectivity index (χ1) is 8.84. The summed E-state index contributed by atoms with van der Waals surface area (Å²) < 4.78 is 5.31. The van der Waals surface area contributed by atoms with Gasteiger partial charge in [0.1, 0.15) is 6.29 Å². The maximum atomic E-state index is 11.7. The monoisotopic (exact) mass is 254 g/mol. The fourth-order valence-electron chi connectivity index (χ4n) is 2.49. The van der Waals surface area contributed by atoms with Gasteiger partial charge in [-0.3, -0.25) is 4.79 Å². The van der Waals surface area contributed by atoms with Gasteiger partial charge in [0.05, 0.1) is 12.5 Å². The van der Waals surface area contributed by atoms with Crippen molar-refractivity contribution >= 4 is 12.3 Å². The van der Waals surface area contributed by atoms with Crippen molar-refractivity contribution in [3.05, 3.63) is 0 Å². The zero-order valence-electron chi connectivity index (χ0n) is 11.4. The molecule has 1 fully saturated rings. The highest BCUT2D eigenvalue weighted by Crippen LogP contribution is 2.24. The molecular weight excluding hydrogens is 228 g/mol. The van der Waals surface area contributed by atoms with Gasteiger partial charge in [-0.05, 0) is 25.7 Å². The lowest BCUT2D eigenvalue weighted by Crippen LogP contribution is -2.20. The second-order valence-electron chi connectivity index (χ2n) is 5.23. The summed E-state index contributed by atoms with van der Waals surface area (Å²) in [4.78, 5) is 21.8. The molecule has 0 aliphatic heterocycles. The molecule has 0 aromatic rings. The van der Waals surface area contributed by atoms with Crippen LogP contribution in [-0.2, 0) is 14.3 Å². The Morgan fingerprint density at radius 2 is 1.67 bits per heavy atom. The molecule has 18 heavy (non-hydrogen) atoms. The first-order valence-corrected chi connectivity index (χ1v) is 7.45. The second kappa shape index (κ2) is 10.1. The zero-order valence-corrected chi connectivity index (χ0v) is 11.4. The highest BCUT2D eigenvalue weighted by molar-refractivity contribution is 5.72. The van der Waals surface area contributed by atoms with Crippen LogP contribution in [0.1, 0.15) is 70.6 Å². The van der Waals surface area contributed by atoms with E-state index in [9.17, 15) is 9.59 Å². The standard InChI is InChI=1S/C15H26O3/c16-12-8-3-1-2-4-9-13-18-15(17)14-10-6-5-7-11-14/h12,14H,1-11,13H2. The van der Waals surface area contributed by atoms with E-state index >= 15 is 0 Å². The van der Waals surface area contributed by atoms with Crippen molar-refractivity contribution in [3.63, 3.8) is 0 Å². The minimum Gasteiger partial charge on any atom is -0.465 e. The summed E-state index contributed by atoms with van der Waals surface area (Å²) in [6, 6.07) is 0. The highest BCUT2D eigenvalue weighted by atomic mass is 16.5. The summed E-state index contributed by atoms with van der Waals surface area (Å²) in [6.07, 6.45) is 12.6. The van der Waals surface area contributed by atoms with Crippen LogP contribution in [0.5, 0.6) is 0 Å². The largest absolute Gasteiger partial charge is 0.465 e. The third-order valence-electron chi connectivity index (χ3n) is 3.65. The molecule has 1 aliphatic carbocycles. The van der Waals surface area contributed by atoms with E-state index in [1.54, 1.807) is 0 Å². The zero-order chi connectivity index (χ0) is 13.1. The van der Waals surface area contributed by atoms with Gasteiger partial charge in [0.2, 0.25) is 0 Å². The van der Waals surface area contributed by atoms with E-state index in [1.165, 1.54) is 19.3 Å². The Morgan fingerprint density at radius 3 is 2.39 bits per heavy atom. The maximum absolute atomic E-state index is 11.7. The van der Waals surface area contributed by atoms with Crippen LogP contribution < -0.4 is 0 Å². The van der Waals surface area contributed by atoms with E-state index in [4.69, 9.17) is 4.74 Å². The molecule has 0 saturated heterocycles. The van der Waals surface area contributed by atoms with Gasteiger partial charge in [-0.2, -0.15) is 0 Å². The van der Waals surface area contributed by atoms with E-state index in [1.807, 2.05) is 0 Å². The van der Waals surface area contributed by atoms with Crippen molar-refractivity contribution in [2.75, 3.05) is 6.61 Å². The number of aldehydes is 1. The van der Waals surface area contributed by atoms with Crippen LogP contribution in [0.4, 0.5) is 0 Å². The lowest BCUT2D eigenvalue weighted by atomic mass is 9.89. The summed E-state index contributed by atoms with van der Waals surface area (Å²) in [5.41, 5.74) is 0. The number of hydrogen-bond donors (Lipinski definition) is 0. The smallest absolute Gasteiger partial charge is 0.308 e. The molecule has 0 aromatic heterocycles. The predicted octanol–water partition coefficient (Wildman–Crippen LogP) is 3.65. The Morgan fingerprint density at radius 1 is 1.00 bits per heavy atom. The summed E-state index contributed by atoms with van der Waals surface area (Å²) >= 11 is 0. The van der Waals surface area contributed by atoms with Gasteiger partial charge in [0.25, 0.3) is 0 Å². The molecule has 3 nitrogen and oxygen atoms in total. The van der Waals surface area contributed by atoms with Crippen LogP contribution in [0.15, 0.2) is 0 Å². The third-order valence-corrected chi connectivity index (χ3v) is 3.65. The van der Waals surface area contributed by atoms with E-state index in [0.717, 1.165) is 51.2 Å². The molecule has 0 aromatic carbocycles. The Kier molecular flexibility index (Phi) is 8.53. The molecule has 3 heteroatoms. The Balaban J connectivity index is 1.90. The third kappa shape index (κ3) is 6.77. The van der Waals surface area contributed by atoms with Crippen LogP contribution in [0.3, 0.4) is 0 Å². The van der Waals surface area contributed by atoms with Crippen LogP contribution in [0.25, 0.3) is 0 Å². The minimum absolute atomic E-state index is 0.0238. The Labute approximate surface area is 110 Å². The fourth-order valence-corrected chi connectivity index (χ4v) is 2.49. The molecule has 0 spiro atoms.